The van der Waals surface area contributed by atoms with Crippen LogP contribution in [-0.2, 0) is 17.7 Å². The Balaban J connectivity index is 2.06. The van der Waals surface area contributed by atoms with Crippen molar-refractivity contribution < 1.29 is 4.74 Å². The van der Waals surface area contributed by atoms with Gasteiger partial charge in [0.15, 0.2) is 0 Å². The van der Waals surface area contributed by atoms with Crippen LogP contribution in [0.3, 0.4) is 0 Å². The van der Waals surface area contributed by atoms with Crippen molar-refractivity contribution in [3.63, 3.8) is 0 Å². The Morgan fingerprint density at radius 1 is 1.39 bits per heavy atom. The second kappa shape index (κ2) is 4.75. The topological polar surface area (TPSA) is 43.5 Å². The van der Waals surface area contributed by atoms with Gasteiger partial charge < -0.3 is 15.0 Å². The molecule has 1 atom stereocenters. The van der Waals surface area contributed by atoms with Crippen molar-refractivity contribution in [3.05, 3.63) is 35.5 Å². The van der Waals surface area contributed by atoms with Crippen LogP contribution in [0.1, 0.15) is 17.7 Å². The lowest BCUT2D eigenvalue weighted by atomic mass is 10.1. The predicted molar refractivity (Wildman–Crippen MR) is 73.8 cm³/mol. The maximum Gasteiger partial charge on any atom is 0.0988 e. The molecule has 1 aliphatic rings. The molecule has 3 heteroatoms. The van der Waals surface area contributed by atoms with Gasteiger partial charge in [-0.1, -0.05) is 18.2 Å². The Kier molecular flexibility index (Phi) is 3.10. The van der Waals surface area contributed by atoms with E-state index in [1.54, 1.807) is 0 Å². The minimum absolute atomic E-state index is 0.418. The van der Waals surface area contributed by atoms with Crippen LogP contribution in [0.4, 0.5) is 0 Å². The van der Waals surface area contributed by atoms with Crippen LogP contribution in [-0.4, -0.2) is 23.8 Å². The number of epoxide rings is 1. The Labute approximate surface area is 108 Å². The molecule has 96 valence electrons. The number of hydrogen-bond donors (Lipinski definition) is 1. The van der Waals surface area contributed by atoms with E-state index in [-0.39, 0.29) is 0 Å². The first kappa shape index (κ1) is 11.8. The van der Waals surface area contributed by atoms with Crippen molar-refractivity contribution >= 4 is 10.9 Å². The quantitative estimate of drug-likeness (QED) is 0.820. The van der Waals surface area contributed by atoms with Gasteiger partial charge >= 0.3 is 0 Å². The number of fused-ring (bicyclic) bond motifs is 1. The van der Waals surface area contributed by atoms with E-state index in [0.717, 1.165) is 32.5 Å². The summed E-state index contributed by atoms with van der Waals surface area (Å²) in [7, 11) is 0. The molecule has 0 spiro atoms. The number of ether oxygens (including phenoxy) is 1. The van der Waals surface area contributed by atoms with E-state index < -0.39 is 0 Å². The molecular weight excluding hydrogens is 224 g/mol. The summed E-state index contributed by atoms with van der Waals surface area (Å²) in [5.41, 5.74) is 9.80. The summed E-state index contributed by atoms with van der Waals surface area (Å²) in [6, 6.07) is 8.65. The Hall–Kier alpha value is -1.32. The zero-order valence-electron chi connectivity index (χ0n) is 10.9. The largest absolute Gasteiger partial charge is 0.371 e. The number of aromatic nitrogens is 1. The van der Waals surface area contributed by atoms with Crippen molar-refractivity contribution in [1.29, 1.82) is 0 Å². The first-order chi connectivity index (χ1) is 8.81. The van der Waals surface area contributed by atoms with E-state index in [0.29, 0.717) is 6.10 Å². The maximum atomic E-state index is 5.64. The predicted octanol–water partition coefficient (Wildman–Crippen LogP) is 2.24. The van der Waals surface area contributed by atoms with Crippen LogP contribution >= 0.6 is 0 Å². The monoisotopic (exact) mass is 244 g/mol. The third-order valence-corrected chi connectivity index (χ3v) is 3.78. The van der Waals surface area contributed by atoms with E-state index in [2.05, 4.69) is 35.8 Å². The van der Waals surface area contributed by atoms with Crippen LogP contribution in [0.2, 0.25) is 0 Å². The second-order valence-electron chi connectivity index (χ2n) is 5.04. The van der Waals surface area contributed by atoms with Gasteiger partial charge in [0.25, 0.3) is 0 Å². The molecule has 1 aromatic heterocycles. The fourth-order valence-electron chi connectivity index (χ4n) is 2.71. The first-order valence-corrected chi connectivity index (χ1v) is 6.69. The van der Waals surface area contributed by atoms with Gasteiger partial charge in [-0.2, -0.15) is 0 Å². The zero-order chi connectivity index (χ0) is 12.5. The summed E-state index contributed by atoms with van der Waals surface area (Å²) in [5, 5.41) is 1.38. The lowest BCUT2D eigenvalue weighted by Crippen LogP contribution is -2.06. The molecule has 2 N–H and O–H groups in total. The van der Waals surface area contributed by atoms with Gasteiger partial charge in [-0.15, -0.1) is 0 Å². The van der Waals surface area contributed by atoms with Crippen LogP contribution in [0, 0.1) is 6.92 Å². The Morgan fingerprint density at radius 2 is 2.17 bits per heavy atom. The van der Waals surface area contributed by atoms with Crippen LogP contribution < -0.4 is 5.73 Å². The van der Waals surface area contributed by atoms with E-state index in [1.807, 2.05) is 0 Å². The molecule has 1 fully saturated rings. The normalized spacial score (nSPS) is 18.4. The van der Waals surface area contributed by atoms with E-state index in [9.17, 15) is 0 Å². The highest BCUT2D eigenvalue weighted by molar-refractivity contribution is 5.85. The average Bonchev–Trinajstić information content (AvgIpc) is 3.16. The van der Waals surface area contributed by atoms with Crippen LogP contribution in [0.15, 0.2) is 24.3 Å². The van der Waals surface area contributed by atoms with Gasteiger partial charge in [0, 0.05) is 16.6 Å². The zero-order valence-corrected chi connectivity index (χ0v) is 10.9. The molecule has 0 radical (unpaired) electrons. The first-order valence-electron chi connectivity index (χ1n) is 6.69. The molecule has 2 heterocycles. The summed E-state index contributed by atoms with van der Waals surface area (Å²) < 4.78 is 7.77. The lowest BCUT2D eigenvalue weighted by molar-refractivity contribution is 0.384. The van der Waals surface area contributed by atoms with E-state index in [4.69, 9.17) is 10.5 Å². The van der Waals surface area contributed by atoms with Crippen LogP contribution in [0.25, 0.3) is 10.9 Å². The molecule has 18 heavy (non-hydrogen) atoms. The number of nitrogens with two attached hydrogens (primary N) is 1. The number of nitrogens with zero attached hydrogens (tertiary/aromatic N) is 1. The van der Waals surface area contributed by atoms with Crippen molar-refractivity contribution in [2.24, 2.45) is 5.73 Å². The van der Waals surface area contributed by atoms with Crippen molar-refractivity contribution in [2.45, 2.75) is 32.4 Å². The molecule has 0 bridgehead atoms. The molecule has 3 rings (SSSR count). The molecule has 0 amide bonds. The molecular formula is C15H20N2O. The molecule has 0 saturated carbocycles. The molecule has 1 unspecified atom stereocenters. The highest BCUT2D eigenvalue weighted by Gasteiger charge is 2.25. The van der Waals surface area contributed by atoms with Crippen molar-refractivity contribution in [1.82, 2.24) is 4.57 Å². The van der Waals surface area contributed by atoms with Crippen LogP contribution in [0.5, 0.6) is 0 Å². The summed E-state index contributed by atoms with van der Waals surface area (Å²) in [5.74, 6) is 0. The highest BCUT2D eigenvalue weighted by Crippen LogP contribution is 2.28. The summed E-state index contributed by atoms with van der Waals surface area (Å²) in [6.45, 7) is 4.86. The summed E-state index contributed by atoms with van der Waals surface area (Å²) >= 11 is 0. The molecule has 1 saturated heterocycles. The number of para-hydroxylation sites is 1. The van der Waals surface area contributed by atoms with E-state index >= 15 is 0 Å². The number of benzene rings is 1. The van der Waals surface area contributed by atoms with Gasteiger partial charge in [0.1, 0.15) is 0 Å². The lowest BCUT2D eigenvalue weighted by Gasteiger charge is -2.06. The summed E-state index contributed by atoms with van der Waals surface area (Å²) in [6.07, 6.45) is 2.54. The minimum atomic E-state index is 0.418. The maximum absolute atomic E-state index is 5.64. The molecule has 2 aromatic rings. The van der Waals surface area contributed by atoms with Crippen molar-refractivity contribution in [2.75, 3.05) is 13.2 Å². The fourth-order valence-corrected chi connectivity index (χ4v) is 2.71. The van der Waals surface area contributed by atoms with Gasteiger partial charge in [-0.25, -0.2) is 0 Å². The van der Waals surface area contributed by atoms with Gasteiger partial charge in [0.05, 0.1) is 19.3 Å². The molecule has 1 aromatic carbocycles. The average molecular weight is 244 g/mol. The highest BCUT2D eigenvalue weighted by atomic mass is 16.6. The second-order valence-corrected chi connectivity index (χ2v) is 5.04. The Bertz CT molecular complexity index is 555. The molecule has 3 nitrogen and oxygen atoms in total. The number of rotatable bonds is 5. The molecule has 0 aliphatic carbocycles. The van der Waals surface area contributed by atoms with E-state index in [1.165, 1.54) is 22.2 Å². The van der Waals surface area contributed by atoms with Gasteiger partial charge in [0.2, 0.25) is 0 Å². The third kappa shape index (κ3) is 2.04. The SMILES string of the molecule is Cc1c(CCCN)c2ccccc2n1CC1CO1. The number of hydrogen-bond acceptors (Lipinski definition) is 2. The number of aryl methyl sites for hydroxylation is 1. The fraction of sp³-hybridized carbons (Fsp3) is 0.467. The van der Waals surface area contributed by atoms with Gasteiger partial charge in [-0.3, -0.25) is 0 Å². The molecule has 1 aliphatic heterocycles. The standard InChI is InChI=1S/C15H20N2O/c1-11-13(6-4-8-16)14-5-2-3-7-15(14)17(11)9-12-10-18-12/h2-3,5,7,12H,4,6,8-10,16H2,1H3. The Morgan fingerprint density at radius 3 is 2.89 bits per heavy atom. The van der Waals surface area contributed by atoms with Gasteiger partial charge in [-0.05, 0) is 37.9 Å². The third-order valence-electron chi connectivity index (χ3n) is 3.78. The minimum Gasteiger partial charge on any atom is -0.371 e. The smallest absolute Gasteiger partial charge is 0.0988 e. The summed E-state index contributed by atoms with van der Waals surface area (Å²) in [4.78, 5) is 0. The van der Waals surface area contributed by atoms with Crippen molar-refractivity contribution in [3.8, 4) is 0 Å².